The maximum absolute atomic E-state index is 6.13. The summed E-state index contributed by atoms with van der Waals surface area (Å²) in [5.74, 6) is 0. The van der Waals surface area contributed by atoms with Gasteiger partial charge in [0.15, 0.2) is 0 Å². The van der Waals surface area contributed by atoms with Gasteiger partial charge < -0.3 is 14.0 Å². The quantitative estimate of drug-likeness (QED) is 0.731. The van der Waals surface area contributed by atoms with E-state index in [1.807, 2.05) is 0 Å². The van der Waals surface area contributed by atoms with E-state index in [-0.39, 0.29) is 23.9 Å². The van der Waals surface area contributed by atoms with E-state index < -0.39 is 0 Å². The van der Waals surface area contributed by atoms with Gasteiger partial charge in [-0.2, -0.15) is 0 Å². The van der Waals surface area contributed by atoms with Crippen molar-refractivity contribution in [3.8, 4) is 0 Å². The minimum absolute atomic E-state index is 0.0297. The highest BCUT2D eigenvalue weighted by atomic mass is 16.7. The van der Waals surface area contributed by atoms with Crippen molar-refractivity contribution in [1.29, 1.82) is 0 Å². The molecule has 1 unspecified atom stereocenters. The molecule has 0 saturated carbocycles. The third-order valence-electron chi connectivity index (χ3n) is 5.26. The van der Waals surface area contributed by atoms with Gasteiger partial charge in [0.1, 0.15) is 0 Å². The molecule has 0 aromatic carbocycles. The first-order valence-electron chi connectivity index (χ1n) is 7.94. The Labute approximate surface area is 124 Å². The van der Waals surface area contributed by atoms with Crippen molar-refractivity contribution in [1.82, 2.24) is 0 Å². The number of hydrogen-bond donors (Lipinski definition) is 0. The van der Waals surface area contributed by atoms with E-state index in [2.05, 4.69) is 47.6 Å². The van der Waals surface area contributed by atoms with Crippen LogP contribution in [-0.4, -0.2) is 30.5 Å². The van der Waals surface area contributed by atoms with E-state index in [4.69, 9.17) is 14.0 Å². The van der Waals surface area contributed by atoms with Crippen LogP contribution in [0, 0.1) is 0 Å². The largest absolute Gasteiger partial charge is 0.490 e. The first-order chi connectivity index (χ1) is 9.25. The van der Waals surface area contributed by atoms with Crippen molar-refractivity contribution in [2.24, 2.45) is 0 Å². The molecule has 0 amide bonds. The molecule has 0 bridgehead atoms. The molecule has 3 nitrogen and oxygen atoms in total. The summed E-state index contributed by atoms with van der Waals surface area (Å²) in [6.07, 6.45) is 6.38. The van der Waals surface area contributed by atoms with Crippen molar-refractivity contribution in [3.63, 3.8) is 0 Å². The zero-order valence-corrected chi connectivity index (χ0v) is 13.9. The van der Waals surface area contributed by atoms with Gasteiger partial charge in [0.25, 0.3) is 0 Å². The van der Waals surface area contributed by atoms with Gasteiger partial charge in [-0.3, -0.25) is 0 Å². The maximum atomic E-state index is 6.13. The van der Waals surface area contributed by atoms with Gasteiger partial charge in [-0.25, -0.2) is 0 Å². The zero-order chi connectivity index (χ0) is 15.0. The second-order valence-corrected chi connectivity index (χ2v) is 7.04. The van der Waals surface area contributed by atoms with Crippen molar-refractivity contribution < 1.29 is 14.0 Å². The van der Waals surface area contributed by atoms with Crippen LogP contribution in [0.1, 0.15) is 67.2 Å². The molecule has 1 aliphatic heterocycles. The Morgan fingerprint density at radius 2 is 1.75 bits per heavy atom. The Kier molecular flexibility index (Phi) is 4.39. The van der Waals surface area contributed by atoms with E-state index in [9.17, 15) is 0 Å². The fraction of sp³-hybridized carbons (Fsp3) is 0.875. The third-order valence-corrected chi connectivity index (χ3v) is 5.26. The summed E-state index contributed by atoms with van der Waals surface area (Å²) in [6.45, 7) is 13.5. The molecule has 0 N–H and O–H groups in total. The molecule has 20 heavy (non-hydrogen) atoms. The molecule has 1 aliphatic carbocycles. The van der Waals surface area contributed by atoms with Crippen molar-refractivity contribution in [2.45, 2.75) is 84.0 Å². The fourth-order valence-electron chi connectivity index (χ4n) is 2.96. The average Bonchev–Trinajstić information content (AvgIpc) is 2.59. The summed E-state index contributed by atoms with van der Waals surface area (Å²) in [5, 5.41) is 0. The molecule has 0 radical (unpaired) electrons. The fourth-order valence-corrected chi connectivity index (χ4v) is 2.96. The molecule has 0 aromatic heterocycles. The second kappa shape index (κ2) is 5.47. The number of ether oxygens (including phenoxy) is 1. The van der Waals surface area contributed by atoms with Crippen LogP contribution in [0.4, 0.5) is 0 Å². The lowest BCUT2D eigenvalue weighted by molar-refractivity contribution is -0.0488. The monoisotopic (exact) mass is 280 g/mol. The van der Waals surface area contributed by atoms with Crippen molar-refractivity contribution in [3.05, 3.63) is 11.5 Å². The molecule has 1 atom stereocenters. The van der Waals surface area contributed by atoms with E-state index in [1.54, 1.807) is 0 Å². The van der Waals surface area contributed by atoms with Crippen LogP contribution in [-0.2, 0) is 14.0 Å². The topological polar surface area (TPSA) is 27.7 Å². The minimum atomic E-state index is -0.252. The van der Waals surface area contributed by atoms with Gasteiger partial charge in [-0.15, -0.1) is 0 Å². The smallest absolute Gasteiger partial charge is 0.400 e. The number of rotatable bonds is 4. The summed E-state index contributed by atoms with van der Waals surface area (Å²) in [7, 11) is -0.184. The number of hydrogen-bond acceptors (Lipinski definition) is 3. The SMILES string of the molecule is CCOC1(CC)CC=C(B2OC(C)(C)C(C)(C)O2)CC1. The Bertz CT molecular complexity index is 373. The van der Waals surface area contributed by atoms with Crippen LogP contribution in [0.3, 0.4) is 0 Å². The molecule has 2 aliphatic rings. The van der Waals surface area contributed by atoms with Crippen LogP contribution in [0.2, 0.25) is 0 Å². The van der Waals surface area contributed by atoms with Crippen LogP contribution < -0.4 is 0 Å². The van der Waals surface area contributed by atoms with Crippen molar-refractivity contribution >= 4 is 7.12 Å². The van der Waals surface area contributed by atoms with E-state index in [0.717, 1.165) is 32.3 Å². The maximum Gasteiger partial charge on any atom is 0.490 e. The van der Waals surface area contributed by atoms with E-state index in [1.165, 1.54) is 5.47 Å². The zero-order valence-electron chi connectivity index (χ0n) is 13.9. The van der Waals surface area contributed by atoms with Gasteiger partial charge in [0.05, 0.1) is 16.8 Å². The molecule has 4 heteroatoms. The molecule has 114 valence electrons. The molecular formula is C16H29BO3. The molecule has 1 heterocycles. The van der Waals surface area contributed by atoms with E-state index in [0.29, 0.717) is 0 Å². The summed E-state index contributed by atoms with van der Waals surface area (Å²) >= 11 is 0. The lowest BCUT2D eigenvalue weighted by Crippen LogP contribution is -2.41. The van der Waals surface area contributed by atoms with Gasteiger partial charge in [0, 0.05) is 6.61 Å². The molecule has 1 saturated heterocycles. The first-order valence-corrected chi connectivity index (χ1v) is 7.94. The van der Waals surface area contributed by atoms with Crippen LogP contribution in [0.25, 0.3) is 0 Å². The molecule has 0 aromatic rings. The van der Waals surface area contributed by atoms with Gasteiger partial charge in [-0.05, 0) is 65.8 Å². The van der Waals surface area contributed by atoms with Gasteiger partial charge in [-0.1, -0.05) is 13.0 Å². The predicted molar refractivity (Wildman–Crippen MR) is 82.7 cm³/mol. The molecular weight excluding hydrogens is 251 g/mol. The van der Waals surface area contributed by atoms with Gasteiger partial charge in [0.2, 0.25) is 0 Å². The normalized spacial score (nSPS) is 32.3. The van der Waals surface area contributed by atoms with Crippen molar-refractivity contribution in [2.75, 3.05) is 6.61 Å². The summed E-state index contributed by atoms with van der Waals surface area (Å²) in [6, 6.07) is 0. The number of allylic oxidation sites excluding steroid dienone is 1. The standard InChI is InChI=1S/C16H29BO3/c1-7-16(18-8-2)11-9-13(10-12-16)17-19-14(3,4)15(5,6)20-17/h9H,7-8,10-12H2,1-6H3. The lowest BCUT2D eigenvalue weighted by atomic mass is 9.69. The average molecular weight is 280 g/mol. The first kappa shape index (κ1) is 16.1. The highest BCUT2D eigenvalue weighted by Gasteiger charge is 2.52. The van der Waals surface area contributed by atoms with Crippen LogP contribution in [0.5, 0.6) is 0 Å². The second-order valence-electron chi connectivity index (χ2n) is 7.04. The Balaban J connectivity index is 2.07. The van der Waals surface area contributed by atoms with Gasteiger partial charge >= 0.3 is 7.12 Å². The molecule has 1 fully saturated rings. The van der Waals surface area contributed by atoms with Crippen LogP contribution >= 0.6 is 0 Å². The summed E-state index contributed by atoms with van der Waals surface area (Å²) < 4.78 is 18.3. The lowest BCUT2D eigenvalue weighted by Gasteiger charge is -2.35. The summed E-state index contributed by atoms with van der Waals surface area (Å²) in [4.78, 5) is 0. The summed E-state index contributed by atoms with van der Waals surface area (Å²) in [5.41, 5.74) is 0.810. The Morgan fingerprint density at radius 1 is 1.15 bits per heavy atom. The van der Waals surface area contributed by atoms with Crippen LogP contribution in [0.15, 0.2) is 11.5 Å². The minimum Gasteiger partial charge on any atom is -0.400 e. The third kappa shape index (κ3) is 2.83. The van der Waals surface area contributed by atoms with E-state index >= 15 is 0 Å². The molecule has 0 spiro atoms. The predicted octanol–water partition coefficient (Wildman–Crippen LogP) is 3.91. The Hall–Kier alpha value is -0.315. The Morgan fingerprint density at radius 3 is 2.15 bits per heavy atom. The molecule has 2 rings (SSSR count). The highest BCUT2D eigenvalue weighted by molar-refractivity contribution is 6.54. The highest BCUT2D eigenvalue weighted by Crippen LogP contribution is 2.42.